The number of aryl methyl sites for hydroxylation is 1. The lowest BCUT2D eigenvalue weighted by Gasteiger charge is -2.18. The largest absolute Gasteiger partial charge is 0.271 e. The maximum Gasteiger partial charge on any atom is 0.124 e. The Bertz CT molecular complexity index is 549. The molecule has 2 aromatic rings. The second-order valence-corrected chi connectivity index (χ2v) is 5.71. The van der Waals surface area contributed by atoms with Gasteiger partial charge >= 0.3 is 0 Å². The van der Waals surface area contributed by atoms with Crippen molar-refractivity contribution < 1.29 is 4.39 Å². The van der Waals surface area contributed by atoms with Crippen LogP contribution in [0.5, 0.6) is 0 Å². The summed E-state index contributed by atoms with van der Waals surface area (Å²) in [5.74, 6) is 5.37. The average Bonchev–Trinajstić information content (AvgIpc) is 2.41. The highest BCUT2D eigenvalue weighted by atomic mass is 79.9. The van der Waals surface area contributed by atoms with Crippen LogP contribution in [-0.2, 0) is 6.42 Å². The number of nitrogens with one attached hydrogen (secondary N) is 1. The van der Waals surface area contributed by atoms with E-state index in [1.54, 1.807) is 0 Å². The highest BCUT2D eigenvalue weighted by Crippen LogP contribution is 2.25. The fraction of sp³-hybridized carbons (Fsp3) is 0.250. The standard InChI is InChI=1S/C16H18BrFN2/c1-2-3-11-4-6-12(7-5-11)16(20-19)13-8-14(17)10-15(18)9-13/h4-10,16,20H,2-3,19H2,1H3. The van der Waals surface area contributed by atoms with Crippen LogP contribution in [-0.4, -0.2) is 0 Å². The number of rotatable bonds is 5. The summed E-state index contributed by atoms with van der Waals surface area (Å²) in [4.78, 5) is 0. The zero-order valence-electron chi connectivity index (χ0n) is 11.4. The van der Waals surface area contributed by atoms with E-state index in [1.165, 1.54) is 17.7 Å². The van der Waals surface area contributed by atoms with Gasteiger partial charge in [0.15, 0.2) is 0 Å². The number of nitrogens with two attached hydrogens (primary N) is 1. The molecule has 0 radical (unpaired) electrons. The Labute approximate surface area is 127 Å². The molecule has 3 N–H and O–H groups in total. The van der Waals surface area contributed by atoms with E-state index >= 15 is 0 Å². The Kier molecular flexibility index (Phi) is 5.29. The molecule has 0 saturated heterocycles. The lowest BCUT2D eigenvalue weighted by atomic mass is 9.97. The highest BCUT2D eigenvalue weighted by molar-refractivity contribution is 9.10. The number of hydrogen-bond donors (Lipinski definition) is 2. The minimum Gasteiger partial charge on any atom is -0.271 e. The van der Waals surface area contributed by atoms with Crippen molar-refractivity contribution in [2.24, 2.45) is 5.84 Å². The van der Waals surface area contributed by atoms with Gasteiger partial charge in [0.05, 0.1) is 6.04 Å². The minimum atomic E-state index is -0.280. The molecule has 0 aliphatic carbocycles. The number of benzene rings is 2. The Balaban J connectivity index is 2.31. The van der Waals surface area contributed by atoms with Gasteiger partial charge in [-0.05, 0) is 41.3 Å². The van der Waals surface area contributed by atoms with Crippen LogP contribution in [0.3, 0.4) is 0 Å². The third-order valence-corrected chi connectivity index (χ3v) is 3.69. The number of hydrazine groups is 1. The molecule has 0 aliphatic heterocycles. The molecule has 2 nitrogen and oxygen atoms in total. The highest BCUT2D eigenvalue weighted by Gasteiger charge is 2.14. The van der Waals surface area contributed by atoms with Crippen molar-refractivity contribution in [2.75, 3.05) is 0 Å². The molecule has 2 rings (SSSR count). The summed E-state index contributed by atoms with van der Waals surface area (Å²) >= 11 is 3.31. The van der Waals surface area contributed by atoms with E-state index in [0.29, 0.717) is 4.47 Å². The van der Waals surface area contributed by atoms with Crippen molar-refractivity contribution in [3.63, 3.8) is 0 Å². The maximum absolute atomic E-state index is 13.5. The first-order chi connectivity index (χ1) is 9.63. The van der Waals surface area contributed by atoms with Crippen molar-refractivity contribution in [3.8, 4) is 0 Å². The summed E-state index contributed by atoms with van der Waals surface area (Å²) < 4.78 is 14.2. The van der Waals surface area contributed by atoms with Crippen molar-refractivity contribution in [1.82, 2.24) is 5.43 Å². The molecule has 1 atom stereocenters. The summed E-state index contributed by atoms with van der Waals surface area (Å²) in [5.41, 5.74) is 5.86. The van der Waals surface area contributed by atoms with Crippen LogP contribution in [0.1, 0.15) is 36.1 Å². The van der Waals surface area contributed by atoms with E-state index < -0.39 is 0 Å². The second-order valence-electron chi connectivity index (χ2n) is 4.79. The van der Waals surface area contributed by atoms with E-state index in [2.05, 4.69) is 40.4 Å². The molecule has 0 heterocycles. The molecule has 2 aromatic carbocycles. The minimum absolute atomic E-state index is 0.224. The molecule has 4 heteroatoms. The first kappa shape index (κ1) is 15.2. The van der Waals surface area contributed by atoms with Crippen LogP contribution in [0.4, 0.5) is 4.39 Å². The van der Waals surface area contributed by atoms with Crippen LogP contribution in [0, 0.1) is 5.82 Å². The zero-order chi connectivity index (χ0) is 14.5. The molecule has 1 unspecified atom stereocenters. The Morgan fingerprint density at radius 3 is 2.40 bits per heavy atom. The summed E-state index contributed by atoms with van der Waals surface area (Å²) in [6.07, 6.45) is 2.18. The summed E-state index contributed by atoms with van der Waals surface area (Å²) in [6.45, 7) is 2.16. The smallest absolute Gasteiger partial charge is 0.124 e. The van der Waals surface area contributed by atoms with Crippen molar-refractivity contribution in [3.05, 3.63) is 69.4 Å². The van der Waals surface area contributed by atoms with Gasteiger partial charge in [-0.2, -0.15) is 0 Å². The Hall–Kier alpha value is -1.23. The molecule has 0 bridgehead atoms. The summed E-state index contributed by atoms with van der Waals surface area (Å²) in [6, 6.07) is 12.8. The monoisotopic (exact) mass is 336 g/mol. The summed E-state index contributed by atoms with van der Waals surface area (Å²) in [5, 5.41) is 0. The SMILES string of the molecule is CCCc1ccc(C(NN)c2cc(F)cc(Br)c2)cc1. The van der Waals surface area contributed by atoms with Crippen LogP contribution >= 0.6 is 15.9 Å². The van der Waals surface area contributed by atoms with E-state index in [0.717, 1.165) is 24.0 Å². The van der Waals surface area contributed by atoms with Gasteiger partial charge in [-0.25, -0.2) is 9.82 Å². The van der Waals surface area contributed by atoms with Crippen LogP contribution in [0.25, 0.3) is 0 Å². The van der Waals surface area contributed by atoms with Gasteiger partial charge in [0.25, 0.3) is 0 Å². The van der Waals surface area contributed by atoms with E-state index in [9.17, 15) is 4.39 Å². The third kappa shape index (κ3) is 3.66. The van der Waals surface area contributed by atoms with Crippen LogP contribution in [0.15, 0.2) is 46.9 Å². The molecular formula is C16H18BrFN2. The molecule has 0 aliphatic rings. The van der Waals surface area contributed by atoms with E-state index in [1.807, 2.05) is 18.2 Å². The Morgan fingerprint density at radius 1 is 1.15 bits per heavy atom. The lowest BCUT2D eigenvalue weighted by Crippen LogP contribution is -2.28. The molecule has 0 saturated carbocycles. The topological polar surface area (TPSA) is 38.0 Å². The van der Waals surface area contributed by atoms with Gasteiger partial charge in [-0.15, -0.1) is 0 Å². The van der Waals surface area contributed by atoms with Crippen LogP contribution < -0.4 is 11.3 Å². The van der Waals surface area contributed by atoms with Gasteiger partial charge in [-0.1, -0.05) is 53.5 Å². The average molecular weight is 337 g/mol. The molecule has 20 heavy (non-hydrogen) atoms. The van der Waals surface area contributed by atoms with E-state index in [-0.39, 0.29) is 11.9 Å². The number of hydrogen-bond acceptors (Lipinski definition) is 2. The fourth-order valence-corrected chi connectivity index (χ4v) is 2.78. The first-order valence-electron chi connectivity index (χ1n) is 6.65. The van der Waals surface area contributed by atoms with Crippen molar-refractivity contribution >= 4 is 15.9 Å². The molecule has 0 fully saturated rings. The second kappa shape index (κ2) is 6.97. The molecule has 0 aromatic heterocycles. The predicted octanol–water partition coefficient (Wildman–Crippen LogP) is 4.09. The number of halogens is 2. The quantitative estimate of drug-likeness (QED) is 0.637. The maximum atomic E-state index is 13.5. The molecular weight excluding hydrogens is 319 g/mol. The van der Waals surface area contributed by atoms with Gasteiger partial charge in [0.1, 0.15) is 5.82 Å². The van der Waals surface area contributed by atoms with E-state index in [4.69, 9.17) is 5.84 Å². The van der Waals surface area contributed by atoms with Crippen molar-refractivity contribution in [1.29, 1.82) is 0 Å². The van der Waals surface area contributed by atoms with Gasteiger partial charge < -0.3 is 0 Å². The summed E-state index contributed by atoms with van der Waals surface area (Å²) in [7, 11) is 0. The normalized spacial score (nSPS) is 12.4. The molecule has 106 valence electrons. The third-order valence-electron chi connectivity index (χ3n) is 3.24. The van der Waals surface area contributed by atoms with Gasteiger partial charge in [0, 0.05) is 4.47 Å². The predicted molar refractivity (Wildman–Crippen MR) is 83.7 cm³/mol. The lowest BCUT2D eigenvalue weighted by molar-refractivity contribution is 0.604. The molecule has 0 amide bonds. The van der Waals surface area contributed by atoms with Crippen molar-refractivity contribution in [2.45, 2.75) is 25.8 Å². The first-order valence-corrected chi connectivity index (χ1v) is 7.44. The van der Waals surface area contributed by atoms with Gasteiger partial charge in [-0.3, -0.25) is 5.84 Å². The Morgan fingerprint density at radius 2 is 1.85 bits per heavy atom. The fourth-order valence-electron chi connectivity index (χ4n) is 2.29. The zero-order valence-corrected chi connectivity index (χ0v) is 13.0. The van der Waals surface area contributed by atoms with Gasteiger partial charge in [0.2, 0.25) is 0 Å². The van der Waals surface area contributed by atoms with Crippen LogP contribution in [0.2, 0.25) is 0 Å². The molecule has 0 spiro atoms.